The molecule has 1 amide bonds. The van der Waals surface area contributed by atoms with Crippen LogP contribution in [0.5, 0.6) is 0 Å². The molecule has 2 aromatic rings. The molecule has 0 bridgehead atoms. The number of rotatable bonds is 5. The van der Waals surface area contributed by atoms with Gasteiger partial charge in [-0.3, -0.25) is 4.79 Å². The third-order valence-corrected chi connectivity index (χ3v) is 4.08. The number of para-hydroxylation sites is 1. The minimum atomic E-state index is -0.779. The maximum absolute atomic E-state index is 12.3. The summed E-state index contributed by atoms with van der Waals surface area (Å²) in [7, 11) is 1.26. The van der Waals surface area contributed by atoms with Crippen LogP contribution < -0.4 is 5.32 Å². The molecule has 1 aromatic heterocycles. The van der Waals surface area contributed by atoms with E-state index in [0.29, 0.717) is 16.5 Å². The van der Waals surface area contributed by atoms with Crippen LogP contribution in [0.15, 0.2) is 24.3 Å². The summed E-state index contributed by atoms with van der Waals surface area (Å²) in [5.74, 6) is -0.0724. The monoisotopic (exact) mass is 348 g/mol. The Balaban J connectivity index is 1.91. The number of hydrogen-bond acceptors (Lipinski definition) is 5. The van der Waals surface area contributed by atoms with Crippen molar-refractivity contribution in [1.29, 1.82) is 0 Å². The first-order chi connectivity index (χ1) is 11.5. The van der Waals surface area contributed by atoms with Gasteiger partial charge in [0, 0.05) is 5.92 Å². The Hall–Kier alpha value is -2.41. The molecule has 1 saturated carbocycles. The van der Waals surface area contributed by atoms with Gasteiger partial charge in [0.25, 0.3) is 5.91 Å². The molecule has 1 N–H and O–H groups in total. The average Bonchev–Trinajstić information content (AvgIpc) is 3.33. The first-order valence-corrected chi connectivity index (χ1v) is 7.99. The second-order valence-electron chi connectivity index (χ2n) is 5.65. The molecule has 1 atom stereocenters. The number of carbonyl (C=O) groups excluding carboxylic acids is 2. The molecule has 1 aromatic carbocycles. The number of nitrogens with zero attached hydrogens (tertiary/aromatic N) is 3. The SMILES string of the molecule is COC(=O)[C@H](C)NC(=O)c1nc(C2CC2)n(-c2ccccc2Cl)n1. The summed E-state index contributed by atoms with van der Waals surface area (Å²) in [5.41, 5.74) is 0.675. The van der Waals surface area contributed by atoms with Gasteiger partial charge in [-0.25, -0.2) is 14.5 Å². The summed E-state index contributed by atoms with van der Waals surface area (Å²) >= 11 is 6.24. The van der Waals surface area contributed by atoms with E-state index in [1.807, 2.05) is 18.2 Å². The molecule has 7 nitrogen and oxygen atoms in total. The number of methoxy groups -OCH3 is 1. The maximum atomic E-state index is 12.3. The van der Waals surface area contributed by atoms with Crippen LogP contribution in [0.3, 0.4) is 0 Å². The van der Waals surface area contributed by atoms with E-state index in [2.05, 4.69) is 20.1 Å². The highest BCUT2D eigenvalue weighted by Gasteiger charge is 2.32. The van der Waals surface area contributed by atoms with E-state index in [1.54, 1.807) is 10.7 Å². The number of halogens is 1. The van der Waals surface area contributed by atoms with E-state index in [4.69, 9.17) is 11.6 Å². The molecule has 1 heterocycles. The highest BCUT2D eigenvalue weighted by Crippen LogP contribution is 2.40. The van der Waals surface area contributed by atoms with E-state index in [1.165, 1.54) is 14.0 Å². The van der Waals surface area contributed by atoms with E-state index in [0.717, 1.165) is 12.8 Å². The zero-order chi connectivity index (χ0) is 17.3. The summed E-state index contributed by atoms with van der Waals surface area (Å²) in [6, 6.07) is 6.47. The number of hydrogen-bond donors (Lipinski definition) is 1. The second kappa shape index (κ2) is 6.60. The fourth-order valence-corrected chi connectivity index (χ4v) is 2.54. The lowest BCUT2D eigenvalue weighted by molar-refractivity contribution is -0.142. The van der Waals surface area contributed by atoms with Crippen LogP contribution in [0.2, 0.25) is 5.02 Å². The Morgan fingerprint density at radius 3 is 2.71 bits per heavy atom. The zero-order valence-electron chi connectivity index (χ0n) is 13.3. The van der Waals surface area contributed by atoms with Crippen molar-refractivity contribution < 1.29 is 14.3 Å². The third kappa shape index (κ3) is 3.26. The highest BCUT2D eigenvalue weighted by atomic mass is 35.5. The molecule has 3 rings (SSSR count). The number of ether oxygens (including phenoxy) is 1. The lowest BCUT2D eigenvalue weighted by Gasteiger charge is -2.09. The van der Waals surface area contributed by atoms with Crippen molar-refractivity contribution in [2.45, 2.75) is 31.7 Å². The van der Waals surface area contributed by atoms with Gasteiger partial charge in [-0.1, -0.05) is 23.7 Å². The highest BCUT2D eigenvalue weighted by molar-refractivity contribution is 6.32. The topological polar surface area (TPSA) is 86.1 Å². The van der Waals surface area contributed by atoms with Crippen LogP contribution in [0.1, 0.15) is 42.1 Å². The number of aromatic nitrogens is 3. The van der Waals surface area contributed by atoms with E-state index in [9.17, 15) is 9.59 Å². The van der Waals surface area contributed by atoms with Crippen molar-refractivity contribution >= 4 is 23.5 Å². The van der Waals surface area contributed by atoms with Crippen LogP contribution >= 0.6 is 11.6 Å². The van der Waals surface area contributed by atoms with E-state index >= 15 is 0 Å². The molecule has 0 saturated heterocycles. The van der Waals surface area contributed by atoms with Crippen molar-refractivity contribution in [3.63, 3.8) is 0 Å². The van der Waals surface area contributed by atoms with Crippen molar-refractivity contribution in [3.05, 3.63) is 40.9 Å². The molecule has 126 valence electrons. The van der Waals surface area contributed by atoms with Gasteiger partial charge in [0.15, 0.2) is 0 Å². The minimum absolute atomic E-state index is 0.00701. The second-order valence-corrected chi connectivity index (χ2v) is 6.06. The molecule has 8 heteroatoms. The van der Waals surface area contributed by atoms with Gasteiger partial charge in [-0.05, 0) is 31.9 Å². The van der Waals surface area contributed by atoms with Gasteiger partial charge in [-0.15, -0.1) is 5.10 Å². The Morgan fingerprint density at radius 1 is 1.38 bits per heavy atom. The van der Waals surface area contributed by atoms with Crippen LogP contribution in [0.4, 0.5) is 0 Å². The lowest BCUT2D eigenvalue weighted by Crippen LogP contribution is -2.39. The number of esters is 1. The molecule has 1 fully saturated rings. The smallest absolute Gasteiger partial charge is 0.328 e. The Kier molecular flexibility index (Phi) is 4.53. The van der Waals surface area contributed by atoms with Crippen molar-refractivity contribution in [1.82, 2.24) is 20.1 Å². The summed E-state index contributed by atoms with van der Waals surface area (Å²) in [6.45, 7) is 1.54. The van der Waals surface area contributed by atoms with Crippen molar-refractivity contribution in [2.24, 2.45) is 0 Å². The molecular formula is C16H17ClN4O3. The first kappa shape index (κ1) is 16.4. The maximum Gasteiger partial charge on any atom is 0.328 e. The van der Waals surface area contributed by atoms with Crippen LogP contribution in [0, 0.1) is 0 Å². The van der Waals surface area contributed by atoms with Crippen LogP contribution in [0.25, 0.3) is 5.69 Å². The Bertz CT molecular complexity index is 785. The third-order valence-electron chi connectivity index (χ3n) is 3.76. The molecule has 0 spiro atoms. The fraction of sp³-hybridized carbons (Fsp3) is 0.375. The quantitative estimate of drug-likeness (QED) is 0.836. The molecule has 0 unspecified atom stereocenters. The normalized spacial score (nSPS) is 15.0. The van der Waals surface area contributed by atoms with E-state index < -0.39 is 17.9 Å². The van der Waals surface area contributed by atoms with Crippen LogP contribution in [-0.2, 0) is 9.53 Å². The standard InChI is InChI=1S/C16H17ClN4O3/c1-9(16(23)24-2)18-15(22)13-19-14(10-7-8-10)21(20-13)12-6-4-3-5-11(12)17/h3-6,9-10H,7-8H2,1-2H3,(H,18,22)/t9-/m0/s1. The molecule has 0 aliphatic heterocycles. The molecule has 24 heavy (non-hydrogen) atoms. The Labute approximate surface area is 144 Å². The summed E-state index contributed by atoms with van der Waals surface area (Å²) in [4.78, 5) is 28.1. The first-order valence-electron chi connectivity index (χ1n) is 7.61. The molecule has 1 aliphatic carbocycles. The van der Waals surface area contributed by atoms with Gasteiger partial charge < -0.3 is 10.1 Å². The molecular weight excluding hydrogens is 332 g/mol. The van der Waals surface area contributed by atoms with Gasteiger partial charge in [0.05, 0.1) is 17.8 Å². The molecule has 0 radical (unpaired) electrons. The summed E-state index contributed by atoms with van der Waals surface area (Å²) in [5, 5.41) is 7.35. The average molecular weight is 349 g/mol. The lowest BCUT2D eigenvalue weighted by atomic mass is 10.3. The van der Waals surface area contributed by atoms with Gasteiger partial charge >= 0.3 is 5.97 Å². The van der Waals surface area contributed by atoms with Gasteiger partial charge in [0.2, 0.25) is 5.82 Å². The van der Waals surface area contributed by atoms with Gasteiger partial charge in [0.1, 0.15) is 11.9 Å². The predicted molar refractivity (Wildman–Crippen MR) is 87.3 cm³/mol. The van der Waals surface area contributed by atoms with Crippen molar-refractivity contribution in [2.75, 3.05) is 7.11 Å². The zero-order valence-corrected chi connectivity index (χ0v) is 14.1. The molecule has 1 aliphatic rings. The predicted octanol–water partition coefficient (Wildman–Crippen LogP) is 2.09. The van der Waals surface area contributed by atoms with E-state index in [-0.39, 0.29) is 11.7 Å². The number of nitrogens with one attached hydrogen (secondary N) is 1. The number of amides is 1. The van der Waals surface area contributed by atoms with Crippen molar-refractivity contribution in [3.8, 4) is 5.69 Å². The number of benzene rings is 1. The Morgan fingerprint density at radius 2 is 2.08 bits per heavy atom. The van der Waals surface area contributed by atoms with Crippen LogP contribution in [-0.4, -0.2) is 39.8 Å². The summed E-state index contributed by atoms with van der Waals surface area (Å²) < 4.78 is 6.20. The minimum Gasteiger partial charge on any atom is -0.467 e. The largest absolute Gasteiger partial charge is 0.467 e. The van der Waals surface area contributed by atoms with Gasteiger partial charge in [-0.2, -0.15) is 0 Å². The fourth-order valence-electron chi connectivity index (χ4n) is 2.32. The summed E-state index contributed by atoms with van der Waals surface area (Å²) in [6.07, 6.45) is 2.01. The number of carbonyl (C=O) groups is 2.